The van der Waals surface area contributed by atoms with Gasteiger partial charge in [-0.3, -0.25) is 0 Å². The van der Waals surface area contributed by atoms with Crippen molar-refractivity contribution < 1.29 is 0 Å². The van der Waals surface area contributed by atoms with Gasteiger partial charge in [0.15, 0.2) is 0 Å². The third-order valence-corrected chi connectivity index (χ3v) is 3.15. The molecule has 0 saturated heterocycles. The van der Waals surface area contributed by atoms with E-state index in [-0.39, 0.29) is 0 Å². The normalized spacial score (nSPS) is 10.3. The predicted molar refractivity (Wildman–Crippen MR) is 74.7 cm³/mol. The smallest absolute Gasteiger partial charge is 0.0408 e. The largest absolute Gasteiger partial charge is 0.381 e. The van der Waals surface area contributed by atoms with Crippen LogP contribution in [0.1, 0.15) is 16.7 Å². The van der Waals surface area contributed by atoms with Gasteiger partial charge in [-0.15, -0.1) is 0 Å². The second-order valence-electron chi connectivity index (χ2n) is 4.24. The standard InChI is InChI=1S/C15H16ClN/c1-11-5-3-4-6-15(11)17-10-13-7-8-14(16)9-12(13)2/h3-9,17H,10H2,1-2H3. The minimum absolute atomic E-state index is 0.794. The lowest BCUT2D eigenvalue weighted by molar-refractivity contribution is 1.11. The summed E-state index contributed by atoms with van der Waals surface area (Å²) in [5.74, 6) is 0. The van der Waals surface area contributed by atoms with Gasteiger partial charge in [0.25, 0.3) is 0 Å². The van der Waals surface area contributed by atoms with Gasteiger partial charge in [-0.2, -0.15) is 0 Å². The summed E-state index contributed by atoms with van der Waals surface area (Å²) in [6, 6.07) is 14.3. The van der Waals surface area contributed by atoms with Crippen molar-refractivity contribution in [3.8, 4) is 0 Å². The Bertz CT molecular complexity index is 520. The number of benzene rings is 2. The molecule has 0 radical (unpaired) electrons. The van der Waals surface area contributed by atoms with Crippen molar-refractivity contribution in [1.29, 1.82) is 0 Å². The molecule has 17 heavy (non-hydrogen) atoms. The SMILES string of the molecule is Cc1cc(Cl)ccc1CNc1ccccc1C. The summed E-state index contributed by atoms with van der Waals surface area (Å²) in [5.41, 5.74) is 4.94. The number of nitrogens with one attached hydrogen (secondary N) is 1. The fraction of sp³-hybridized carbons (Fsp3) is 0.200. The molecule has 0 aliphatic carbocycles. The van der Waals surface area contributed by atoms with Gasteiger partial charge < -0.3 is 5.32 Å². The molecule has 2 aromatic rings. The maximum Gasteiger partial charge on any atom is 0.0408 e. The Morgan fingerprint density at radius 2 is 1.76 bits per heavy atom. The van der Waals surface area contributed by atoms with Crippen LogP contribution in [-0.4, -0.2) is 0 Å². The summed E-state index contributed by atoms with van der Waals surface area (Å²) in [6.07, 6.45) is 0. The zero-order chi connectivity index (χ0) is 12.3. The summed E-state index contributed by atoms with van der Waals surface area (Å²) in [6.45, 7) is 5.02. The molecule has 0 unspecified atom stereocenters. The number of hydrogen-bond acceptors (Lipinski definition) is 1. The average molecular weight is 246 g/mol. The molecule has 1 nitrogen and oxygen atoms in total. The molecule has 0 atom stereocenters. The molecule has 0 fully saturated rings. The van der Waals surface area contributed by atoms with Crippen molar-refractivity contribution in [2.75, 3.05) is 5.32 Å². The molecular formula is C15H16ClN. The quantitative estimate of drug-likeness (QED) is 0.835. The van der Waals surface area contributed by atoms with Crippen LogP contribution in [0.15, 0.2) is 42.5 Å². The first-order valence-corrected chi connectivity index (χ1v) is 6.09. The lowest BCUT2D eigenvalue weighted by atomic mass is 10.1. The molecule has 0 aromatic heterocycles. The van der Waals surface area contributed by atoms with Gasteiger partial charge in [-0.1, -0.05) is 35.9 Å². The lowest BCUT2D eigenvalue weighted by Gasteiger charge is -2.11. The van der Waals surface area contributed by atoms with Crippen molar-refractivity contribution in [2.24, 2.45) is 0 Å². The maximum absolute atomic E-state index is 5.94. The monoisotopic (exact) mass is 245 g/mol. The zero-order valence-electron chi connectivity index (χ0n) is 10.1. The first-order chi connectivity index (χ1) is 8.16. The average Bonchev–Trinajstić information content (AvgIpc) is 2.30. The molecule has 0 heterocycles. The minimum Gasteiger partial charge on any atom is -0.381 e. The lowest BCUT2D eigenvalue weighted by Crippen LogP contribution is -2.02. The molecule has 0 spiro atoms. The van der Waals surface area contributed by atoms with E-state index in [0.717, 1.165) is 11.6 Å². The highest BCUT2D eigenvalue weighted by Gasteiger charge is 2.00. The van der Waals surface area contributed by atoms with Crippen LogP contribution in [0.3, 0.4) is 0 Å². The highest BCUT2D eigenvalue weighted by Crippen LogP contribution is 2.18. The van der Waals surface area contributed by atoms with Gasteiger partial charge >= 0.3 is 0 Å². The molecular weight excluding hydrogens is 230 g/mol. The summed E-state index contributed by atoms with van der Waals surface area (Å²) < 4.78 is 0. The Hall–Kier alpha value is -1.47. The number of anilines is 1. The van der Waals surface area contributed by atoms with Crippen molar-refractivity contribution >= 4 is 17.3 Å². The van der Waals surface area contributed by atoms with Crippen molar-refractivity contribution in [3.63, 3.8) is 0 Å². The number of hydrogen-bond donors (Lipinski definition) is 1. The van der Waals surface area contributed by atoms with Gasteiger partial charge in [-0.25, -0.2) is 0 Å². The van der Waals surface area contributed by atoms with Crippen molar-refractivity contribution in [1.82, 2.24) is 0 Å². The fourth-order valence-electron chi connectivity index (χ4n) is 1.82. The van der Waals surface area contributed by atoms with Gasteiger partial charge in [0.2, 0.25) is 0 Å². The van der Waals surface area contributed by atoms with Crippen LogP contribution in [-0.2, 0) is 6.54 Å². The number of rotatable bonds is 3. The van der Waals surface area contributed by atoms with Crippen LogP contribution in [0, 0.1) is 13.8 Å². The molecule has 88 valence electrons. The van der Waals surface area contributed by atoms with Gasteiger partial charge in [-0.05, 0) is 48.7 Å². The molecule has 2 heteroatoms. The molecule has 0 saturated carbocycles. The second-order valence-corrected chi connectivity index (χ2v) is 4.68. The van der Waals surface area contributed by atoms with E-state index in [1.54, 1.807) is 0 Å². The summed E-state index contributed by atoms with van der Waals surface area (Å²) >= 11 is 5.94. The van der Waals surface area contributed by atoms with Gasteiger partial charge in [0.05, 0.1) is 0 Å². The van der Waals surface area contributed by atoms with Crippen molar-refractivity contribution in [2.45, 2.75) is 20.4 Å². The summed E-state index contributed by atoms with van der Waals surface area (Å²) in [4.78, 5) is 0. The third-order valence-electron chi connectivity index (χ3n) is 2.92. The number of halogens is 1. The fourth-order valence-corrected chi connectivity index (χ4v) is 2.05. The molecule has 0 aliphatic rings. The maximum atomic E-state index is 5.94. The molecule has 0 amide bonds. The zero-order valence-corrected chi connectivity index (χ0v) is 10.9. The van der Waals surface area contributed by atoms with E-state index < -0.39 is 0 Å². The van der Waals surface area contributed by atoms with Crippen LogP contribution in [0.4, 0.5) is 5.69 Å². The van der Waals surface area contributed by atoms with Gasteiger partial charge in [0, 0.05) is 17.3 Å². The van der Waals surface area contributed by atoms with Crippen LogP contribution >= 0.6 is 11.6 Å². The molecule has 1 N–H and O–H groups in total. The Morgan fingerprint density at radius 1 is 1.00 bits per heavy atom. The van der Waals surface area contributed by atoms with Crippen LogP contribution in [0.2, 0.25) is 5.02 Å². The van der Waals surface area contributed by atoms with Crippen LogP contribution < -0.4 is 5.32 Å². The van der Waals surface area contributed by atoms with Crippen molar-refractivity contribution in [3.05, 3.63) is 64.2 Å². The summed E-state index contributed by atoms with van der Waals surface area (Å²) in [5, 5.41) is 4.24. The Morgan fingerprint density at radius 3 is 2.47 bits per heavy atom. The minimum atomic E-state index is 0.794. The van der Waals surface area contributed by atoms with Gasteiger partial charge in [0.1, 0.15) is 0 Å². The first-order valence-electron chi connectivity index (χ1n) is 5.71. The topological polar surface area (TPSA) is 12.0 Å². The third kappa shape index (κ3) is 3.01. The molecule has 2 rings (SSSR count). The number of aryl methyl sites for hydroxylation is 2. The van der Waals surface area contributed by atoms with E-state index in [0.29, 0.717) is 0 Å². The Kier molecular flexibility index (Phi) is 3.70. The summed E-state index contributed by atoms with van der Waals surface area (Å²) in [7, 11) is 0. The van der Waals surface area contributed by atoms with E-state index in [4.69, 9.17) is 11.6 Å². The highest BCUT2D eigenvalue weighted by molar-refractivity contribution is 6.30. The molecule has 2 aromatic carbocycles. The Balaban J connectivity index is 2.10. The van der Waals surface area contributed by atoms with Crippen LogP contribution in [0.25, 0.3) is 0 Å². The van der Waals surface area contributed by atoms with Crippen LogP contribution in [0.5, 0.6) is 0 Å². The first kappa shape index (κ1) is 12.0. The van der Waals surface area contributed by atoms with E-state index >= 15 is 0 Å². The number of para-hydroxylation sites is 1. The molecule has 0 aliphatic heterocycles. The van der Waals surface area contributed by atoms with E-state index in [1.165, 1.54) is 22.4 Å². The predicted octanol–water partition coefficient (Wildman–Crippen LogP) is 4.57. The Labute approximate surface area is 107 Å². The second kappa shape index (κ2) is 5.24. The van der Waals surface area contributed by atoms with E-state index in [1.807, 2.05) is 24.3 Å². The van der Waals surface area contributed by atoms with E-state index in [2.05, 4.69) is 37.4 Å². The molecule has 0 bridgehead atoms. The highest BCUT2D eigenvalue weighted by atomic mass is 35.5. The van der Waals surface area contributed by atoms with E-state index in [9.17, 15) is 0 Å².